The number of halogens is 1. The van der Waals surface area contributed by atoms with Crippen LogP contribution in [0.1, 0.15) is 18.1 Å². The minimum Gasteiger partial charge on any atom is -0.493 e. The van der Waals surface area contributed by atoms with E-state index in [-0.39, 0.29) is 44.5 Å². The zero-order chi connectivity index (χ0) is 29.9. The number of hydrogen-bond donors (Lipinski definition) is 1. The van der Waals surface area contributed by atoms with Crippen LogP contribution in [-0.4, -0.2) is 42.4 Å². The summed E-state index contributed by atoms with van der Waals surface area (Å²) in [5.74, 6) is -1.24. The van der Waals surface area contributed by atoms with Crippen molar-refractivity contribution in [3.63, 3.8) is 0 Å². The normalized spacial score (nSPS) is 14.3. The molecule has 15 heteroatoms. The first-order chi connectivity index (χ1) is 19.4. The molecule has 1 aliphatic rings. The van der Waals surface area contributed by atoms with Gasteiger partial charge in [0.15, 0.2) is 5.75 Å². The highest BCUT2D eigenvalue weighted by atomic mass is 35.5. The SMILES string of the molecule is COc1cc(/C=C2\SC(=O)N(Cc3ccc([N+](=O)[O-])cc3)C2=O)cc(Cl)c1OS(=O)(=O)c1ccc(NC(C)=O)cc1. The average molecular weight is 618 g/mol. The molecule has 3 amide bonds. The summed E-state index contributed by atoms with van der Waals surface area (Å²) in [5.41, 5.74) is 1.13. The molecule has 41 heavy (non-hydrogen) atoms. The van der Waals surface area contributed by atoms with Crippen LogP contribution >= 0.6 is 23.4 Å². The zero-order valence-electron chi connectivity index (χ0n) is 21.3. The lowest BCUT2D eigenvalue weighted by molar-refractivity contribution is -0.384. The number of nitrogens with zero attached hydrogens (tertiary/aromatic N) is 2. The van der Waals surface area contributed by atoms with Gasteiger partial charge in [-0.3, -0.25) is 29.4 Å². The maximum Gasteiger partial charge on any atom is 0.339 e. The van der Waals surface area contributed by atoms with E-state index in [1.54, 1.807) is 0 Å². The summed E-state index contributed by atoms with van der Waals surface area (Å²) in [4.78, 5) is 47.9. The van der Waals surface area contributed by atoms with Crippen molar-refractivity contribution in [3.8, 4) is 11.5 Å². The fourth-order valence-corrected chi connectivity index (χ4v) is 5.76. The number of nitro benzene ring substituents is 1. The molecule has 3 aromatic rings. The molecule has 1 N–H and O–H groups in total. The van der Waals surface area contributed by atoms with Crippen molar-refractivity contribution < 1.29 is 36.6 Å². The van der Waals surface area contributed by atoms with Crippen LogP contribution in [0.25, 0.3) is 6.08 Å². The van der Waals surface area contributed by atoms with E-state index in [2.05, 4.69) is 5.32 Å². The molecule has 1 heterocycles. The van der Waals surface area contributed by atoms with E-state index in [4.69, 9.17) is 20.5 Å². The Labute approximate surface area is 243 Å². The molecule has 0 bridgehead atoms. The lowest BCUT2D eigenvalue weighted by Gasteiger charge is -2.14. The number of non-ortho nitro benzene ring substituents is 1. The minimum absolute atomic E-state index is 0.0488. The van der Waals surface area contributed by atoms with E-state index < -0.39 is 26.2 Å². The molecule has 1 fully saturated rings. The maximum atomic E-state index is 13.0. The van der Waals surface area contributed by atoms with Crippen LogP contribution in [0.2, 0.25) is 5.02 Å². The highest BCUT2D eigenvalue weighted by molar-refractivity contribution is 8.18. The summed E-state index contributed by atoms with van der Waals surface area (Å²) in [6.45, 7) is 1.24. The van der Waals surface area contributed by atoms with Crippen molar-refractivity contribution in [2.24, 2.45) is 0 Å². The lowest BCUT2D eigenvalue weighted by atomic mass is 10.1. The van der Waals surface area contributed by atoms with Gasteiger partial charge in [-0.1, -0.05) is 23.7 Å². The molecule has 1 aliphatic heterocycles. The van der Waals surface area contributed by atoms with Gasteiger partial charge < -0.3 is 14.2 Å². The second-order valence-electron chi connectivity index (χ2n) is 8.47. The molecule has 0 aromatic heterocycles. The standard InChI is InChI=1S/C26H20ClN3O9S2/c1-15(31)28-18-5-9-20(10-6-18)41(36,37)39-24-21(27)11-17(12-22(24)38-2)13-23-25(32)29(26(33)40-23)14-16-3-7-19(8-4-16)30(34)35/h3-13H,14H2,1-2H3,(H,28,31)/b23-13-. The predicted octanol–water partition coefficient (Wildman–Crippen LogP) is 5.22. The van der Waals surface area contributed by atoms with Gasteiger partial charge in [-0.05, 0) is 65.4 Å². The fourth-order valence-electron chi connectivity index (χ4n) is 3.66. The molecule has 0 aliphatic carbocycles. The Kier molecular flexibility index (Phi) is 8.66. The van der Waals surface area contributed by atoms with Gasteiger partial charge in [0.2, 0.25) is 11.7 Å². The Morgan fingerprint density at radius 1 is 1.12 bits per heavy atom. The number of carbonyl (C=O) groups is 3. The Morgan fingerprint density at radius 2 is 1.78 bits per heavy atom. The Balaban J connectivity index is 1.54. The molecular formula is C26H20ClN3O9S2. The summed E-state index contributed by atoms with van der Waals surface area (Å²) in [6.07, 6.45) is 1.40. The van der Waals surface area contributed by atoms with E-state index >= 15 is 0 Å². The Bertz CT molecular complexity index is 1690. The molecule has 0 unspecified atom stereocenters. The van der Waals surface area contributed by atoms with E-state index in [1.165, 1.54) is 80.8 Å². The van der Waals surface area contributed by atoms with Crippen LogP contribution < -0.4 is 14.2 Å². The summed E-state index contributed by atoms with van der Waals surface area (Å²) >= 11 is 7.04. The van der Waals surface area contributed by atoms with Crippen molar-refractivity contribution in [1.82, 2.24) is 4.90 Å². The van der Waals surface area contributed by atoms with Gasteiger partial charge in [0.05, 0.1) is 28.5 Å². The summed E-state index contributed by atoms with van der Waals surface area (Å²) in [5, 5.41) is 12.7. The molecule has 0 spiro atoms. The van der Waals surface area contributed by atoms with Gasteiger partial charge in [-0.15, -0.1) is 0 Å². The van der Waals surface area contributed by atoms with Gasteiger partial charge in [-0.25, -0.2) is 0 Å². The van der Waals surface area contributed by atoms with Crippen LogP contribution in [-0.2, 0) is 26.3 Å². The van der Waals surface area contributed by atoms with Crippen molar-refractivity contribution in [3.05, 3.63) is 91.8 Å². The van der Waals surface area contributed by atoms with E-state index in [0.717, 1.165) is 4.90 Å². The van der Waals surface area contributed by atoms with Crippen LogP contribution in [0.4, 0.5) is 16.2 Å². The summed E-state index contributed by atoms with van der Waals surface area (Å²) in [6, 6.07) is 13.5. The number of ether oxygens (including phenoxy) is 1. The second-order valence-corrected chi connectivity index (χ2v) is 11.4. The summed E-state index contributed by atoms with van der Waals surface area (Å²) in [7, 11) is -3.08. The van der Waals surface area contributed by atoms with Gasteiger partial charge in [0.25, 0.3) is 16.8 Å². The first-order valence-electron chi connectivity index (χ1n) is 11.6. The molecule has 212 valence electrons. The third-order valence-electron chi connectivity index (χ3n) is 5.57. The molecule has 1 saturated heterocycles. The topological polar surface area (TPSA) is 162 Å². The smallest absolute Gasteiger partial charge is 0.339 e. The third kappa shape index (κ3) is 6.85. The van der Waals surface area contributed by atoms with E-state index in [0.29, 0.717) is 28.6 Å². The van der Waals surface area contributed by atoms with Gasteiger partial charge >= 0.3 is 10.1 Å². The number of anilines is 1. The second kappa shape index (κ2) is 12.0. The number of benzene rings is 3. The van der Waals surface area contributed by atoms with E-state index in [1.807, 2.05) is 0 Å². The number of thioether (sulfide) groups is 1. The fraction of sp³-hybridized carbons (Fsp3) is 0.115. The van der Waals surface area contributed by atoms with Crippen molar-refractivity contribution in [2.45, 2.75) is 18.4 Å². The van der Waals surface area contributed by atoms with Crippen LogP contribution in [0.3, 0.4) is 0 Å². The monoisotopic (exact) mass is 617 g/mol. The number of nitro groups is 1. The van der Waals surface area contributed by atoms with Gasteiger partial charge in [-0.2, -0.15) is 8.42 Å². The number of imide groups is 1. The highest BCUT2D eigenvalue weighted by Gasteiger charge is 2.35. The number of amides is 3. The molecular weight excluding hydrogens is 598 g/mol. The molecule has 4 rings (SSSR count). The van der Waals surface area contributed by atoms with Gasteiger partial charge in [0, 0.05) is 24.7 Å². The van der Waals surface area contributed by atoms with E-state index in [9.17, 15) is 32.9 Å². The largest absolute Gasteiger partial charge is 0.493 e. The number of carbonyl (C=O) groups excluding carboxylic acids is 3. The Morgan fingerprint density at radius 3 is 2.37 bits per heavy atom. The van der Waals surface area contributed by atoms with Gasteiger partial charge in [0.1, 0.15) is 4.90 Å². The van der Waals surface area contributed by atoms with Crippen LogP contribution in [0, 0.1) is 10.1 Å². The molecule has 0 saturated carbocycles. The number of nitrogens with one attached hydrogen (secondary N) is 1. The first kappa shape index (κ1) is 29.6. The van der Waals surface area contributed by atoms with Crippen LogP contribution in [0.5, 0.6) is 11.5 Å². The molecule has 3 aromatic carbocycles. The number of hydrogen-bond acceptors (Lipinski definition) is 10. The minimum atomic E-state index is -4.35. The summed E-state index contributed by atoms with van der Waals surface area (Å²) < 4.78 is 36.3. The number of methoxy groups -OCH3 is 1. The van der Waals surface area contributed by atoms with Crippen LogP contribution in [0.15, 0.2) is 70.5 Å². The third-order valence-corrected chi connectivity index (χ3v) is 7.99. The highest BCUT2D eigenvalue weighted by Crippen LogP contribution is 2.40. The lowest BCUT2D eigenvalue weighted by Crippen LogP contribution is -2.27. The zero-order valence-corrected chi connectivity index (χ0v) is 23.7. The molecule has 12 nitrogen and oxygen atoms in total. The average Bonchev–Trinajstić information content (AvgIpc) is 3.17. The van der Waals surface area contributed by atoms with Crippen molar-refractivity contribution >= 4 is 68.0 Å². The Hall–Kier alpha value is -4.40. The molecule has 0 atom stereocenters. The quantitative estimate of drug-likeness (QED) is 0.146. The number of rotatable bonds is 9. The van der Waals surface area contributed by atoms with Crippen molar-refractivity contribution in [1.29, 1.82) is 0 Å². The van der Waals surface area contributed by atoms with Crippen molar-refractivity contribution in [2.75, 3.05) is 12.4 Å². The maximum absolute atomic E-state index is 13.0. The first-order valence-corrected chi connectivity index (χ1v) is 14.2. The predicted molar refractivity (Wildman–Crippen MR) is 151 cm³/mol. The molecule has 0 radical (unpaired) electrons.